The van der Waals surface area contributed by atoms with Gasteiger partial charge in [-0.15, -0.1) is 0 Å². The van der Waals surface area contributed by atoms with Gasteiger partial charge < -0.3 is 4.74 Å². The Morgan fingerprint density at radius 1 is 1.06 bits per heavy atom. The Morgan fingerprint density at radius 2 is 1.71 bits per heavy atom. The zero-order chi connectivity index (χ0) is 22.2. The molecule has 0 amide bonds. The highest BCUT2D eigenvalue weighted by Gasteiger charge is 2.36. The van der Waals surface area contributed by atoms with Gasteiger partial charge in [0.05, 0.1) is 24.2 Å². The van der Waals surface area contributed by atoms with E-state index in [4.69, 9.17) is 4.74 Å². The normalized spacial score (nSPS) is 23.1. The predicted molar refractivity (Wildman–Crippen MR) is 101 cm³/mol. The summed E-state index contributed by atoms with van der Waals surface area (Å²) in [6, 6.07) is 1.34. The van der Waals surface area contributed by atoms with Gasteiger partial charge in [-0.05, 0) is 37.8 Å². The number of hydrogen-bond acceptors (Lipinski definition) is 6. The molecule has 2 aromatic heterocycles. The van der Waals surface area contributed by atoms with Crippen molar-refractivity contribution in [3.63, 3.8) is 0 Å². The predicted octanol–water partition coefficient (Wildman–Crippen LogP) is 3.83. The van der Waals surface area contributed by atoms with Crippen LogP contribution >= 0.6 is 0 Å². The summed E-state index contributed by atoms with van der Waals surface area (Å²) in [6.07, 6.45) is -0.501. The molecule has 31 heavy (non-hydrogen) atoms. The Labute approximate surface area is 175 Å². The standard InChI is InChI=1S/C19H21F4N5O3/c20-14-5-6-16(19(21,22)23)24-17(14)18-15(28(29)30)11-27(25-18)13-3-1-12(2-4-13)26-7-9-31-10-8-26/h5-6,11-13H,1-4,7-10H2/t12-,13-. The van der Waals surface area contributed by atoms with E-state index in [2.05, 4.69) is 15.0 Å². The molecule has 1 aliphatic carbocycles. The minimum atomic E-state index is -4.81. The zero-order valence-corrected chi connectivity index (χ0v) is 16.5. The number of hydrogen-bond donors (Lipinski definition) is 0. The van der Waals surface area contributed by atoms with E-state index in [1.54, 1.807) is 0 Å². The van der Waals surface area contributed by atoms with Gasteiger partial charge >= 0.3 is 11.9 Å². The summed E-state index contributed by atoms with van der Waals surface area (Å²) in [5.41, 5.74) is -3.18. The minimum Gasteiger partial charge on any atom is -0.379 e. The van der Waals surface area contributed by atoms with Gasteiger partial charge in [-0.25, -0.2) is 9.37 Å². The fraction of sp³-hybridized carbons (Fsp3) is 0.579. The van der Waals surface area contributed by atoms with Crippen LogP contribution in [0.25, 0.3) is 11.4 Å². The van der Waals surface area contributed by atoms with Crippen LogP contribution in [-0.2, 0) is 10.9 Å². The van der Waals surface area contributed by atoms with Crippen molar-refractivity contribution in [1.29, 1.82) is 0 Å². The number of alkyl halides is 3. The monoisotopic (exact) mass is 443 g/mol. The quantitative estimate of drug-likeness (QED) is 0.406. The van der Waals surface area contributed by atoms with E-state index in [0.29, 0.717) is 44.2 Å². The molecule has 0 radical (unpaired) electrons. The van der Waals surface area contributed by atoms with Gasteiger partial charge in [0, 0.05) is 19.1 Å². The van der Waals surface area contributed by atoms with Crippen LogP contribution in [-0.4, -0.2) is 56.9 Å². The van der Waals surface area contributed by atoms with Gasteiger partial charge in [-0.1, -0.05) is 0 Å². The number of ether oxygens (including phenoxy) is 1. The second kappa shape index (κ2) is 8.50. The first-order chi connectivity index (χ1) is 14.7. The molecule has 0 aromatic carbocycles. The van der Waals surface area contributed by atoms with Crippen LogP contribution in [0.1, 0.15) is 37.4 Å². The summed E-state index contributed by atoms with van der Waals surface area (Å²) in [5.74, 6) is -1.10. The van der Waals surface area contributed by atoms with E-state index in [0.717, 1.165) is 32.1 Å². The molecule has 2 aliphatic rings. The van der Waals surface area contributed by atoms with Gasteiger partial charge in [-0.2, -0.15) is 18.3 Å². The van der Waals surface area contributed by atoms with Gasteiger partial charge in [0.2, 0.25) is 0 Å². The maximum atomic E-state index is 14.3. The fourth-order valence-electron chi connectivity index (χ4n) is 4.27. The summed E-state index contributed by atoms with van der Waals surface area (Å²) in [5, 5.41) is 15.6. The maximum absolute atomic E-state index is 14.3. The van der Waals surface area contributed by atoms with Crippen LogP contribution in [0.5, 0.6) is 0 Å². The molecule has 12 heteroatoms. The number of aromatic nitrogens is 3. The third-order valence-corrected chi connectivity index (χ3v) is 5.87. The lowest BCUT2D eigenvalue weighted by Gasteiger charge is -2.38. The third-order valence-electron chi connectivity index (χ3n) is 5.87. The lowest BCUT2D eigenvalue weighted by atomic mass is 9.90. The topological polar surface area (TPSA) is 86.3 Å². The Bertz CT molecular complexity index is 951. The molecule has 8 nitrogen and oxygen atoms in total. The lowest BCUT2D eigenvalue weighted by Crippen LogP contribution is -2.45. The van der Waals surface area contributed by atoms with Crippen molar-refractivity contribution in [2.24, 2.45) is 0 Å². The van der Waals surface area contributed by atoms with Crippen molar-refractivity contribution >= 4 is 5.69 Å². The minimum absolute atomic E-state index is 0.154. The zero-order valence-electron chi connectivity index (χ0n) is 16.5. The van der Waals surface area contributed by atoms with Crippen molar-refractivity contribution in [2.75, 3.05) is 26.3 Å². The highest BCUT2D eigenvalue weighted by Crippen LogP contribution is 2.37. The van der Waals surface area contributed by atoms with Crippen molar-refractivity contribution in [3.05, 3.63) is 40.0 Å². The molecule has 3 heterocycles. The molecule has 1 saturated carbocycles. The summed E-state index contributed by atoms with van der Waals surface area (Å²) in [7, 11) is 0. The first-order valence-electron chi connectivity index (χ1n) is 10.0. The number of morpholine rings is 1. The van der Waals surface area contributed by atoms with Crippen molar-refractivity contribution < 1.29 is 27.2 Å². The highest BCUT2D eigenvalue weighted by atomic mass is 19.4. The molecule has 2 fully saturated rings. The second-order valence-electron chi connectivity index (χ2n) is 7.74. The molecule has 0 bridgehead atoms. The summed E-state index contributed by atoms with van der Waals surface area (Å²) >= 11 is 0. The van der Waals surface area contributed by atoms with E-state index in [1.165, 1.54) is 4.68 Å². The van der Waals surface area contributed by atoms with Crippen molar-refractivity contribution in [2.45, 2.75) is 43.9 Å². The van der Waals surface area contributed by atoms with E-state index in [1.807, 2.05) is 0 Å². The molecule has 0 unspecified atom stereocenters. The first kappa shape index (κ1) is 21.6. The molecule has 2 aromatic rings. The van der Waals surface area contributed by atoms with E-state index >= 15 is 0 Å². The summed E-state index contributed by atoms with van der Waals surface area (Å²) < 4.78 is 60.0. The average Bonchev–Trinajstić information content (AvgIpc) is 3.19. The van der Waals surface area contributed by atoms with Gasteiger partial charge in [0.25, 0.3) is 0 Å². The molecule has 1 aliphatic heterocycles. The van der Waals surface area contributed by atoms with Gasteiger partial charge in [0.1, 0.15) is 17.6 Å². The molecule has 0 N–H and O–H groups in total. The maximum Gasteiger partial charge on any atom is 0.433 e. The van der Waals surface area contributed by atoms with Gasteiger partial charge in [-0.3, -0.25) is 19.7 Å². The van der Waals surface area contributed by atoms with Crippen LogP contribution < -0.4 is 0 Å². The summed E-state index contributed by atoms with van der Waals surface area (Å²) in [4.78, 5) is 16.4. The molecule has 0 atom stereocenters. The van der Waals surface area contributed by atoms with Crippen molar-refractivity contribution in [3.8, 4) is 11.4 Å². The van der Waals surface area contributed by atoms with Crippen LogP contribution in [0.15, 0.2) is 18.3 Å². The second-order valence-corrected chi connectivity index (χ2v) is 7.74. The SMILES string of the molecule is O=[N+]([O-])c1cn([C@H]2CC[C@H](N3CCOCC3)CC2)nc1-c1nc(C(F)(F)F)ccc1F. The summed E-state index contributed by atoms with van der Waals surface area (Å²) in [6.45, 7) is 3.13. The molecular formula is C19H21F4N5O3. The third kappa shape index (κ3) is 4.54. The largest absolute Gasteiger partial charge is 0.433 e. The number of nitro groups is 1. The van der Waals surface area contributed by atoms with E-state index < -0.39 is 39.7 Å². The average molecular weight is 443 g/mol. The molecule has 4 rings (SSSR count). The molecule has 168 valence electrons. The number of nitrogens with zero attached hydrogens (tertiary/aromatic N) is 5. The number of halogens is 4. The molecular weight excluding hydrogens is 422 g/mol. The Hall–Kier alpha value is -2.60. The van der Waals surface area contributed by atoms with E-state index in [-0.39, 0.29) is 6.04 Å². The van der Waals surface area contributed by atoms with Gasteiger partial charge in [0.15, 0.2) is 11.5 Å². The number of pyridine rings is 1. The molecule has 1 saturated heterocycles. The van der Waals surface area contributed by atoms with Crippen LogP contribution in [0.3, 0.4) is 0 Å². The number of rotatable bonds is 4. The van der Waals surface area contributed by atoms with Crippen molar-refractivity contribution in [1.82, 2.24) is 19.7 Å². The lowest BCUT2D eigenvalue weighted by molar-refractivity contribution is -0.384. The Kier molecular flexibility index (Phi) is 5.93. The van der Waals surface area contributed by atoms with Crippen LogP contribution in [0.2, 0.25) is 0 Å². The molecule has 0 spiro atoms. The van der Waals surface area contributed by atoms with E-state index in [9.17, 15) is 27.7 Å². The Morgan fingerprint density at radius 3 is 2.32 bits per heavy atom. The fourth-order valence-corrected chi connectivity index (χ4v) is 4.27. The van der Waals surface area contributed by atoms with Crippen LogP contribution in [0, 0.1) is 15.9 Å². The smallest absolute Gasteiger partial charge is 0.379 e. The Balaban J connectivity index is 1.58. The first-order valence-corrected chi connectivity index (χ1v) is 10.0. The van der Waals surface area contributed by atoms with Crippen LogP contribution in [0.4, 0.5) is 23.2 Å². The highest BCUT2D eigenvalue weighted by molar-refractivity contribution is 5.66.